The van der Waals surface area contributed by atoms with Crippen molar-refractivity contribution in [3.63, 3.8) is 0 Å². The van der Waals surface area contributed by atoms with Crippen LogP contribution < -0.4 is 10.1 Å². The van der Waals surface area contributed by atoms with Crippen molar-refractivity contribution in [3.8, 4) is 17.1 Å². The third-order valence-electron chi connectivity index (χ3n) is 4.77. The fourth-order valence-electron chi connectivity index (χ4n) is 3.17. The number of hydrogen-bond acceptors (Lipinski definition) is 5. The molecule has 0 aliphatic carbocycles. The van der Waals surface area contributed by atoms with Crippen molar-refractivity contribution in [2.45, 2.75) is 10.4 Å². The van der Waals surface area contributed by atoms with Crippen molar-refractivity contribution in [1.29, 1.82) is 0 Å². The minimum absolute atomic E-state index is 0.145. The van der Waals surface area contributed by atoms with Crippen LogP contribution in [0.15, 0.2) is 90.1 Å². The van der Waals surface area contributed by atoms with Crippen molar-refractivity contribution in [2.24, 2.45) is 7.05 Å². The van der Waals surface area contributed by atoms with Gasteiger partial charge in [0.05, 0.1) is 7.11 Å². The quantitative estimate of drug-likeness (QED) is 0.420. The van der Waals surface area contributed by atoms with Crippen LogP contribution in [0.3, 0.4) is 0 Å². The Labute approximate surface area is 185 Å². The van der Waals surface area contributed by atoms with E-state index in [1.165, 1.54) is 11.8 Å². The summed E-state index contributed by atoms with van der Waals surface area (Å²) in [6.07, 6.45) is 0. The molecule has 0 radical (unpaired) electrons. The lowest BCUT2D eigenvalue weighted by Gasteiger charge is -2.17. The topological polar surface area (TPSA) is 69.0 Å². The average molecular weight is 431 g/mol. The van der Waals surface area contributed by atoms with Gasteiger partial charge in [-0.15, -0.1) is 10.2 Å². The van der Waals surface area contributed by atoms with Gasteiger partial charge >= 0.3 is 0 Å². The Morgan fingerprint density at radius 2 is 1.68 bits per heavy atom. The third kappa shape index (κ3) is 4.78. The zero-order chi connectivity index (χ0) is 21.6. The molecule has 4 aromatic rings. The van der Waals surface area contributed by atoms with Gasteiger partial charge in [-0.3, -0.25) is 4.79 Å². The van der Waals surface area contributed by atoms with E-state index in [1.807, 2.05) is 90.5 Å². The molecule has 0 saturated heterocycles. The molecule has 7 heteroatoms. The fourth-order valence-corrected chi connectivity index (χ4v) is 4.17. The average Bonchev–Trinajstić information content (AvgIpc) is 3.18. The molecule has 1 aromatic heterocycles. The molecule has 0 aliphatic rings. The first-order chi connectivity index (χ1) is 15.2. The van der Waals surface area contributed by atoms with E-state index in [1.54, 1.807) is 13.2 Å². The number of carbonyl (C=O) groups excluding carboxylic acids is 1. The van der Waals surface area contributed by atoms with Crippen LogP contribution in [0, 0.1) is 0 Å². The maximum absolute atomic E-state index is 13.3. The Kier molecular flexibility index (Phi) is 6.33. The number of nitrogens with zero attached hydrogens (tertiary/aromatic N) is 3. The van der Waals surface area contributed by atoms with E-state index in [0.717, 1.165) is 17.0 Å². The summed E-state index contributed by atoms with van der Waals surface area (Å²) in [5.41, 5.74) is 2.53. The lowest BCUT2D eigenvalue weighted by molar-refractivity contribution is -0.115. The minimum Gasteiger partial charge on any atom is -0.497 e. The Hall–Kier alpha value is -3.58. The Morgan fingerprint density at radius 1 is 0.968 bits per heavy atom. The van der Waals surface area contributed by atoms with Gasteiger partial charge in [0.15, 0.2) is 11.0 Å². The maximum Gasteiger partial charge on any atom is 0.242 e. The van der Waals surface area contributed by atoms with E-state index in [9.17, 15) is 4.79 Å². The number of anilines is 1. The van der Waals surface area contributed by atoms with Gasteiger partial charge in [-0.1, -0.05) is 78.5 Å². The van der Waals surface area contributed by atoms with Crippen molar-refractivity contribution in [2.75, 3.05) is 12.4 Å². The summed E-state index contributed by atoms with van der Waals surface area (Å²) in [5, 5.41) is 11.8. The minimum atomic E-state index is -0.501. The van der Waals surface area contributed by atoms with E-state index in [0.29, 0.717) is 16.6 Å². The van der Waals surface area contributed by atoms with E-state index >= 15 is 0 Å². The van der Waals surface area contributed by atoms with Gasteiger partial charge in [0.1, 0.15) is 11.0 Å². The molecule has 1 N–H and O–H groups in total. The van der Waals surface area contributed by atoms with Crippen LogP contribution in [-0.2, 0) is 11.8 Å². The summed E-state index contributed by atoms with van der Waals surface area (Å²) < 4.78 is 7.17. The highest BCUT2D eigenvalue weighted by Crippen LogP contribution is 2.36. The van der Waals surface area contributed by atoms with Crippen LogP contribution in [0.2, 0.25) is 0 Å². The second-order valence-corrected chi connectivity index (χ2v) is 7.93. The first-order valence-electron chi connectivity index (χ1n) is 9.77. The Balaban J connectivity index is 1.62. The number of ether oxygens (including phenoxy) is 1. The molecule has 1 heterocycles. The number of benzene rings is 3. The molecule has 0 bridgehead atoms. The first kappa shape index (κ1) is 20.7. The molecule has 0 fully saturated rings. The molecule has 0 saturated carbocycles. The van der Waals surface area contributed by atoms with Gasteiger partial charge in [0.25, 0.3) is 0 Å². The van der Waals surface area contributed by atoms with Gasteiger partial charge in [0.2, 0.25) is 5.91 Å². The second kappa shape index (κ2) is 9.49. The highest BCUT2D eigenvalue weighted by Gasteiger charge is 2.25. The molecular weight excluding hydrogens is 408 g/mol. The van der Waals surface area contributed by atoms with Crippen LogP contribution in [-0.4, -0.2) is 27.8 Å². The van der Waals surface area contributed by atoms with Crippen molar-refractivity contribution in [1.82, 2.24) is 14.8 Å². The smallest absolute Gasteiger partial charge is 0.242 e. The monoisotopic (exact) mass is 430 g/mol. The first-order valence-corrected chi connectivity index (χ1v) is 10.6. The van der Waals surface area contributed by atoms with Gasteiger partial charge in [-0.05, 0) is 17.7 Å². The van der Waals surface area contributed by atoms with E-state index in [2.05, 4.69) is 15.5 Å². The predicted octanol–water partition coefficient (Wildman–Crippen LogP) is 4.96. The van der Waals surface area contributed by atoms with E-state index in [4.69, 9.17) is 4.74 Å². The highest BCUT2D eigenvalue weighted by atomic mass is 32.2. The molecule has 156 valence electrons. The summed E-state index contributed by atoms with van der Waals surface area (Å²) in [5.74, 6) is 1.29. The zero-order valence-corrected chi connectivity index (χ0v) is 18.0. The van der Waals surface area contributed by atoms with Crippen LogP contribution in [0.5, 0.6) is 5.75 Å². The number of aromatic nitrogens is 3. The largest absolute Gasteiger partial charge is 0.497 e. The SMILES string of the molecule is COc1cccc(NC(=O)[C@@H](Sc2nnc(-c3ccccc3)n2C)c2ccccc2)c1. The van der Waals surface area contributed by atoms with Crippen molar-refractivity contribution < 1.29 is 9.53 Å². The zero-order valence-electron chi connectivity index (χ0n) is 17.2. The lowest BCUT2D eigenvalue weighted by atomic mass is 10.1. The molecular formula is C24H22N4O2S. The standard InChI is InChI=1S/C24H22N4O2S/c1-28-22(18-12-7-4-8-13-18)26-27-24(28)31-21(17-10-5-3-6-11-17)23(29)25-19-14-9-15-20(16-19)30-2/h3-16,21H,1-2H3,(H,25,29)/t21-/m0/s1. The molecule has 0 aliphatic heterocycles. The summed E-state index contributed by atoms with van der Waals surface area (Å²) in [6.45, 7) is 0. The lowest BCUT2D eigenvalue weighted by Crippen LogP contribution is -2.19. The van der Waals surface area contributed by atoms with Crippen LogP contribution >= 0.6 is 11.8 Å². The third-order valence-corrected chi connectivity index (χ3v) is 6.06. The van der Waals surface area contributed by atoms with Crippen LogP contribution in [0.25, 0.3) is 11.4 Å². The maximum atomic E-state index is 13.3. The van der Waals surface area contributed by atoms with Gasteiger partial charge in [-0.2, -0.15) is 0 Å². The number of thioether (sulfide) groups is 1. The van der Waals surface area contributed by atoms with E-state index in [-0.39, 0.29) is 5.91 Å². The Bertz CT molecular complexity index is 1160. The number of methoxy groups -OCH3 is 1. The fraction of sp³-hybridized carbons (Fsp3) is 0.125. The molecule has 6 nitrogen and oxygen atoms in total. The number of hydrogen-bond donors (Lipinski definition) is 1. The number of rotatable bonds is 7. The van der Waals surface area contributed by atoms with Crippen LogP contribution in [0.4, 0.5) is 5.69 Å². The van der Waals surface area contributed by atoms with Gasteiger partial charge in [0, 0.05) is 24.4 Å². The molecule has 1 atom stereocenters. The molecule has 1 amide bonds. The molecule has 31 heavy (non-hydrogen) atoms. The summed E-state index contributed by atoms with van der Waals surface area (Å²) in [6, 6.07) is 26.8. The van der Waals surface area contributed by atoms with Gasteiger partial charge < -0.3 is 14.6 Å². The number of amides is 1. The molecule has 4 rings (SSSR count). The predicted molar refractivity (Wildman–Crippen MR) is 123 cm³/mol. The molecule has 0 spiro atoms. The second-order valence-electron chi connectivity index (χ2n) is 6.86. The highest BCUT2D eigenvalue weighted by molar-refractivity contribution is 8.00. The summed E-state index contributed by atoms with van der Waals surface area (Å²) in [4.78, 5) is 13.3. The molecule has 0 unspecified atom stereocenters. The van der Waals surface area contributed by atoms with Gasteiger partial charge in [-0.25, -0.2) is 0 Å². The number of carbonyl (C=O) groups is 1. The van der Waals surface area contributed by atoms with Crippen LogP contribution in [0.1, 0.15) is 10.8 Å². The normalized spacial score (nSPS) is 11.7. The Morgan fingerprint density at radius 3 is 2.39 bits per heavy atom. The summed E-state index contributed by atoms with van der Waals surface area (Å²) in [7, 11) is 3.51. The number of nitrogens with one attached hydrogen (secondary N) is 1. The van der Waals surface area contributed by atoms with Crippen molar-refractivity contribution >= 4 is 23.4 Å². The molecule has 3 aromatic carbocycles. The van der Waals surface area contributed by atoms with Crippen molar-refractivity contribution in [3.05, 3.63) is 90.5 Å². The summed E-state index contributed by atoms with van der Waals surface area (Å²) >= 11 is 1.37. The van der Waals surface area contributed by atoms with E-state index < -0.39 is 5.25 Å².